The number of rotatable bonds is 2. The van der Waals surface area contributed by atoms with Crippen LogP contribution in [0.15, 0.2) is 43.7 Å². The van der Waals surface area contributed by atoms with Crippen LogP contribution >= 0.6 is 47.8 Å². The van der Waals surface area contributed by atoms with Crippen molar-refractivity contribution < 1.29 is 8.78 Å². The van der Waals surface area contributed by atoms with Crippen molar-refractivity contribution in [2.24, 2.45) is 5.73 Å². The van der Waals surface area contributed by atoms with Gasteiger partial charge in [0.05, 0.1) is 10.5 Å². The molecule has 0 fully saturated rings. The van der Waals surface area contributed by atoms with E-state index >= 15 is 0 Å². The van der Waals surface area contributed by atoms with Crippen LogP contribution in [0.3, 0.4) is 0 Å². The van der Waals surface area contributed by atoms with Crippen LogP contribution in [0.25, 0.3) is 0 Å². The third-order valence-electron chi connectivity index (χ3n) is 2.67. The molecule has 19 heavy (non-hydrogen) atoms. The first-order chi connectivity index (χ1) is 8.90. The van der Waals surface area contributed by atoms with Crippen LogP contribution in [0.5, 0.6) is 0 Å². The van der Waals surface area contributed by atoms with E-state index in [9.17, 15) is 8.78 Å². The molecule has 0 saturated carbocycles. The van der Waals surface area contributed by atoms with E-state index in [-0.39, 0.29) is 10.0 Å². The average Bonchev–Trinajstić information content (AvgIpc) is 2.33. The monoisotopic (exact) mass is 453 g/mol. The van der Waals surface area contributed by atoms with Crippen molar-refractivity contribution in [2.45, 2.75) is 6.04 Å². The maximum atomic E-state index is 13.9. The number of nitrogens with two attached hydrogens (primary N) is 1. The van der Waals surface area contributed by atoms with Gasteiger partial charge in [0.2, 0.25) is 0 Å². The predicted octanol–water partition coefficient (Wildman–Crippen LogP) is 5.30. The molecule has 2 N–H and O–H groups in total. The zero-order valence-electron chi connectivity index (χ0n) is 9.43. The number of halogens is 5. The first kappa shape index (κ1) is 15.1. The fraction of sp³-hybridized carbons (Fsp3) is 0.0769. The molecule has 0 aliphatic rings. The molecule has 0 heterocycles. The summed E-state index contributed by atoms with van der Waals surface area (Å²) < 4.78 is 29.1. The van der Waals surface area contributed by atoms with Crippen molar-refractivity contribution in [3.8, 4) is 0 Å². The standard InChI is InChI=1S/C13H8Br3F2N/c14-6-1-2-7(9(15)3-6)13(19)8-4-12(18)10(16)5-11(8)17/h1-5,13H,19H2. The molecule has 2 aromatic carbocycles. The molecule has 0 bridgehead atoms. The van der Waals surface area contributed by atoms with Gasteiger partial charge in [0.1, 0.15) is 11.6 Å². The highest BCUT2D eigenvalue weighted by Crippen LogP contribution is 2.32. The summed E-state index contributed by atoms with van der Waals surface area (Å²) in [6.07, 6.45) is 0. The van der Waals surface area contributed by atoms with Crippen molar-refractivity contribution in [3.05, 3.63) is 66.5 Å². The zero-order valence-corrected chi connectivity index (χ0v) is 14.2. The van der Waals surface area contributed by atoms with Crippen molar-refractivity contribution in [1.29, 1.82) is 0 Å². The third kappa shape index (κ3) is 3.24. The second kappa shape index (κ2) is 5.99. The lowest BCUT2D eigenvalue weighted by molar-refractivity contribution is 0.572. The molecule has 0 aromatic heterocycles. The van der Waals surface area contributed by atoms with Gasteiger partial charge in [-0.1, -0.05) is 37.9 Å². The van der Waals surface area contributed by atoms with Gasteiger partial charge in [-0.25, -0.2) is 8.78 Å². The number of hydrogen-bond acceptors (Lipinski definition) is 1. The molecule has 1 unspecified atom stereocenters. The van der Waals surface area contributed by atoms with Gasteiger partial charge < -0.3 is 5.73 Å². The lowest BCUT2D eigenvalue weighted by Crippen LogP contribution is -2.14. The second-order valence-corrected chi connectivity index (χ2v) is 6.56. The largest absolute Gasteiger partial charge is 0.320 e. The van der Waals surface area contributed by atoms with Crippen LogP contribution in [0.4, 0.5) is 8.78 Å². The minimum Gasteiger partial charge on any atom is -0.320 e. The summed E-state index contributed by atoms with van der Waals surface area (Å²) in [5.41, 5.74) is 6.82. The molecule has 1 atom stereocenters. The van der Waals surface area contributed by atoms with E-state index < -0.39 is 17.7 Å². The van der Waals surface area contributed by atoms with E-state index in [0.717, 1.165) is 21.1 Å². The van der Waals surface area contributed by atoms with E-state index in [4.69, 9.17) is 5.73 Å². The van der Waals surface area contributed by atoms with Gasteiger partial charge in [0.15, 0.2) is 0 Å². The number of hydrogen-bond donors (Lipinski definition) is 1. The Morgan fingerprint density at radius 2 is 1.53 bits per heavy atom. The normalized spacial score (nSPS) is 12.5. The van der Waals surface area contributed by atoms with Crippen molar-refractivity contribution in [3.63, 3.8) is 0 Å². The van der Waals surface area contributed by atoms with Gasteiger partial charge in [-0.05, 0) is 45.8 Å². The topological polar surface area (TPSA) is 26.0 Å². The van der Waals surface area contributed by atoms with E-state index in [0.29, 0.717) is 5.56 Å². The summed E-state index contributed by atoms with van der Waals surface area (Å²) >= 11 is 9.63. The predicted molar refractivity (Wildman–Crippen MR) is 81.9 cm³/mol. The summed E-state index contributed by atoms with van der Waals surface area (Å²) in [5.74, 6) is -1.09. The van der Waals surface area contributed by atoms with Crippen LogP contribution in [-0.4, -0.2) is 0 Å². The molecule has 0 aliphatic heterocycles. The highest BCUT2D eigenvalue weighted by atomic mass is 79.9. The van der Waals surface area contributed by atoms with E-state index in [1.54, 1.807) is 12.1 Å². The van der Waals surface area contributed by atoms with Gasteiger partial charge in [-0.2, -0.15) is 0 Å². The Balaban J connectivity index is 2.49. The molecule has 0 saturated heterocycles. The van der Waals surface area contributed by atoms with Crippen molar-refractivity contribution >= 4 is 47.8 Å². The van der Waals surface area contributed by atoms with Crippen LogP contribution in [0, 0.1) is 11.6 Å². The highest BCUT2D eigenvalue weighted by Gasteiger charge is 2.18. The molecular formula is C13H8Br3F2N. The fourth-order valence-corrected chi connectivity index (χ4v) is 3.31. The number of benzene rings is 2. The van der Waals surface area contributed by atoms with Crippen molar-refractivity contribution in [2.75, 3.05) is 0 Å². The molecule has 1 nitrogen and oxygen atoms in total. The smallest absolute Gasteiger partial charge is 0.137 e. The van der Waals surface area contributed by atoms with Crippen molar-refractivity contribution in [1.82, 2.24) is 0 Å². The van der Waals surface area contributed by atoms with Crippen LogP contribution in [0.2, 0.25) is 0 Å². The second-order valence-electron chi connectivity index (χ2n) is 3.93. The van der Waals surface area contributed by atoms with E-state index in [1.165, 1.54) is 0 Å². The Labute approximate surface area is 134 Å². The molecule has 0 amide bonds. The zero-order chi connectivity index (χ0) is 14.2. The minimum absolute atomic E-state index is 0.0795. The summed E-state index contributed by atoms with van der Waals surface area (Å²) in [6, 6.07) is 6.81. The Bertz CT molecular complexity index is 632. The Hall–Kier alpha value is -0.300. The summed E-state index contributed by atoms with van der Waals surface area (Å²) in [4.78, 5) is 0. The van der Waals surface area contributed by atoms with Crippen LogP contribution < -0.4 is 5.73 Å². The summed E-state index contributed by atoms with van der Waals surface area (Å²) in [6.45, 7) is 0. The molecule has 0 spiro atoms. The van der Waals surface area contributed by atoms with E-state index in [2.05, 4.69) is 47.8 Å². The quantitative estimate of drug-likeness (QED) is 0.611. The molecule has 6 heteroatoms. The van der Waals surface area contributed by atoms with Gasteiger partial charge in [-0.3, -0.25) is 0 Å². The Morgan fingerprint density at radius 3 is 2.16 bits per heavy atom. The molecule has 2 aromatic rings. The molecular weight excluding hydrogens is 448 g/mol. The van der Waals surface area contributed by atoms with Gasteiger partial charge in [0.25, 0.3) is 0 Å². The molecule has 100 valence electrons. The van der Waals surface area contributed by atoms with Gasteiger partial charge >= 0.3 is 0 Å². The first-order valence-corrected chi connectivity index (χ1v) is 7.63. The molecule has 0 aliphatic carbocycles. The summed E-state index contributed by atoms with van der Waals surface area (Å²) in [7, 11) is 0. The maximum Gasteiger partial charge on any atom is 0.137 e. The van der Waals surface area contributed by atoms with E-state index in [1.807, 2.05) is 6.07 Å². The highest BCUT2D eigenvalue weighted by molar-refractivity contribution is 9.11. The Morgan fingerprint density at radius 1 is 0.842 bits per heavy atom. The van der Waals surface area contributed by atoms with Gasteiger partial charge in [-0.15, -0.1) is 0 Å². The van der Waals surface area contributed by atoms with Gasteiger partial charge in [0, 0.05) is 14.5 Å². The lowest BCUT2D eigenvalue weighted by Gasteiger charge is -2.16. The average molecular weight is 456 g/mol. The minimum atomic E-state index is -0.745. The Kier molecular flexibility index (Phi) is 4.76. The molecule has 0 radical (unpaired) electrons. The summed E-state index contributed by atoms with van der Waals surface area (Å²) in [5, 5.41) is 0. The third-order valence-corrected chi connectivity index (χ3v) is 4.46. The fourth-order valence-electron chi connectivity index (χ4n) is 1.70. The van der Waals surface area contributed by atoms with Crippen LogP contribution in [-0.2, 0) is 0 Å². The molecule has 2 rings (SSSR count). The SMILES string of the molecule is NC(c1cc(F)c(Br)cc1F)c1ccc(Br)cc1Br. The maximum absolute atomic E-state index is 13.9. The lowest BCUT2D eigenvalue weighted by atomic mass is 9.99. The first-order valence-electron chi connectivity index (χ1n) is 5.25. The van der Waals surface area contributed by atoms with Crippen LogP contribution in [0.1, 0.15) is 17.2 Å².